The molecule has 2 aliphatic heterocycles. The van der Waals surface area contributed by atoms with E-state index in [1.807, 2.05) is 12.1 Å². The van der Waals surface area contributed by atoms with Crippen LogP contribution < -0.4 is 16.0 Å². The van der Waals surface area contributed by atoms with Crippen LogP contribution in [0.15, 0.2) is 18.2 Å². The number of carbonyl (C=O) groups excluding carboxylic acids is 1. The minimum Gasteiger partial charge on any atom is -0.371 e. The second-order valence-corrected chi connectivity index (χ2v) is 6.49. The molecule has 3 rings (SSSR count). The van der Waals surface area contributed by atoms with Crippen molar-refractivity contribution >= 4 is 23.2 Å². The van der Waals surface area contributed by atoms with Crippen LogP contribution in [0.3, 0.4) is 0 Å². The molecule has 2 atom stereocenters. The van der Waals surface area contributed by atoms with Crippen molar-refractivity contribution < 1.29 is 4.79 Å². The molecule has 0 spiro atoms. The van der Waals surface area contributed by atoms with Gasteiger partial charge in [0, 0.05) is 24.8 Å². The Labute approximate surface area is 130 Å². The van der Waals surface area contributed by atoms with Crippen molar-refractivity contribution in [2.75, 3.05) is 24.5 Å². The third-order valence-electron chi connectivity index (χ3n) is 4.71. The highest BCUT2D eigenvalue weighted by Gasteiger charge is 2.29. The molecule has 0 radical (unpaired) electrons. The maximum Gasteiger partial charge on any atom is 0.250 e. The van der Waals surface area contributed by atoms with Crippen LogP contribution in [-0.2, 0) is 0 Å². The molecule has 0 aliphatic carbocycles. The first-order valence-corrected chi connectivity index (χ1v) is 8.10. The highest BCUT2D eigenvalue weighted by atomic mass is 35.5. The van der Waals surface area contributed by atoms with Crippen molar-refractivity contribution in [2.45, 2.75) is 31.7 Å². The quantitative estimate of drug-likeness (QED) is 0.901. The summed E-state index contributed by atoms with van der Waals surface area (Å²) < 4.78 is 0. The lowest BCUT2D eigenvalue weighted by atomic mass is 9.89. The van der Waals surface area contributed by atoms with E-state index in [0.29, 0.717) is 22.5 Å². The monoisotopic (exact) mass is 307 g/mol. The van der Waals surface area contributed by atoms with E-state index in [2.05, 4.69) is 10.2 Å². The van der Waals surface area contributed by atoms with Crippen LogP contribution in [0.5, 0.6) is 0 Å². The van der Waals surface area contributed by atoms with Crippen molar-refractivity contribution in [2.24, 2.45) is 11.7 Å². The predicted molar refractivity (Wildman–Crippen MR) is 85.9 cm³/mol. The van der Waals surface area contributed by atoms with Gasteiger partial charge in [-0.2, -0.15) is 0 Å². The summed E-state index contributed by atoms with van der Waals surface area (Å²) in [5.41, 5.74) is 6.79. The number of hydrogen-bond acceptors (Lipinski definition) is 3. The Morgan fingerprint density at radius 3 is 2.86 bits per heavy atom. The SMILES string of the molecule is NC(=O)c1ccc(N2CCCC(C3CCCN3)C2)cc1Cl. The molecular formula is C16H22ClN3O. The zero-order valence-electron chi connectivity index (χ0n) is 12.1. The number of hydrogen-bond donors (Lipinski definition) is 2. The molecule has 21 heavy (non-hydrogen) atoms. The molecule has 2 unspecified atom stereocenters. The first-order valence-electron chi connectivity index (χ1n) is 7.73. The largest absolute Gasteiger partial charge is 0.371 e. The normalized spacial score (nSPS) is 26.0. The fourth-order valence-electron chi connectivity index (χ4n) is 3.59. The van der Waals surface area contributed by atoms with E-state index in [4.69, 9.17) is 17.3 Å². The number of carbonyl (C=O) groups is 1. The molecule has 0 saturated carbocycles. The van der Waals surface area contributed by atoms with E-state index in [1.54, 1.807) is 6.07 Å². The molecule has 1 amide bonds. The summed E-state index contributed by atoms with van der Waals surface area (Å²) in [5.74, 6) is 0.231. The van der Waals surface area contributed by atoms with Crippen molar-refractivity contribution in [3.05, 3.63) is 28.8 Å². The second-order valence-electron chi connectivity index (χ2n) is 6.08. The van der Waals surface area contributed by atoms with E-state index in [9.17, 15) is 4.79 Å². The molecule has 1 aromatic carbocycles. The number of primary amides is 1. The first-order chi connectivity index (χ1) is 10.1. The lowest BCUT2D eigenvalue weighted by Crippen LogP contribution is -2.43. The molecule has 114 valence electrons. The van der Waals surface area contributed by atoms with E-state index < -0.39 is 5.91 Å². The average Bonchev–Trinajstić information content (AvgIpc) is 3.01. The van der Waals surface area contributed by atoms with Crippen LogP contribution in [0, 0.1) is 5.92 Å². The number of amides is 1. The Morgan fingerprint density at radius 2 is 2.19 bits per heavy atom. The summed E-state index contributed by atoms with van der Waals surface area (Å²) in [4.78, 5) is 13.6. The molecule has 4 nitrogen and oxygen atoms in total. The van der Waals surface area contributed by atoms with Gasteiger partial charge in [0.05, 0.1) is 10.6 Å². The zero-order chi connectivity index (χ0) is 14.8. The van der Waals surface area contributed by atoms with Crippen molar-refractivity contribution in [1.82, 2.24) is 5.32 Å². The fourth-order valence-corrected chi connectivity index (χ4v) is 3.86. The maximum atomic E-state index is 11.3. The Bertz CT molecular complexity index is 528. The minimum atomic E-state index is -0.474. The van der Waals surface area contributed by atoms with E-state index >= 15 is 0 Å². The average molecular weight is 308 g/mol. The van der Waals surface area contributed by atoms with E-state index in [-0.39, 0.29) is 0 Å². The molecule has 2 heterocycles. The minimum absolute atomic E-state index is 0.395. The molecule has 2 saturated heterocycles. The molecule has 2 aliphatic rings. The Kier molecular flexibility index (Phi) is 4.36. The topological polar surface area (TPSA) is 58.4 Å². The maximum absolute atomic E-state index is 11.3. The van der Waals surface area contributed by atoms with Gasteiger partial charge >= 0.3 is 0 Å². The third kappa shape index (κ3) is 3.16. The molecule has 0 bridgehead atoms. The van der Waals surface area contributed by atoms with Gasteiger partial charge in [-0.3, -0.25) is 4.79 Å². The van der Waals surface area contributed by atoms with Crippen molar-refractivity contribution in [3.63, 3.8) is 0 Å². The van der Waals surface area contributed by atoms with Crippen molar-refractivity contribution in [1.29, 1.82) is 0 Å². The lowest BCUT2D eigenvalue weighted by Gasteiger charge is -2.37. The molecule has 3 N–H and O–H groups in total. The van der Waals surface area contributed by atoms with E-state index in [0.717, 1.165) is 25.3 Å². The standard InChI is InChI=1S/C16H22ClN3O/c17-14-9-12(5-6-13(14)16(18)21)20-8-2-3-11(10-20)15-4-1-7-19-15/h5-6,9,11,15,19H,1-4,7-8,10H2,(H2,18,21). The zero-order valence-corrected chi connectivity index (χ0v) is 12.9. The highest BCUT2D eigenvalue weighted by Crippen LogP contribution is 2.30. The van der Waals surface area contributed by atoms with E-state index in [1.165, 1.54) is 25.7 Å². The smallest absolute Gasteiger partial charge is 0.250 e. The summed E-state index contributed by atoms with van der Waals surface area (Å²) in [6.45, 7) is 3.26. The van der Waals surface area contributed by atoms with Gasteiger partial charge in [0.15, 0.2) is 0 Å². The number of nitrogens with two attached hydrogens (primary N) is 1. The van der Waals surface area contributed by atoms with Gasteiger partial charge in [-0.25, -0.2) is 0 Å². The van der Waals surface area contributed by atoms with Crippen molar-refractivity contribution in [3.8, 4) is 0 Å². The fraction of sp³-hybridized carbons (Fsp3) is 0.562. The number of benzene rings is 1. The summed E-state index contributed by atoms with van der Waals surface area (Å²) >= 11 is 6.17. The summed E-state index contributed by atoms with van der Waals surface area (Å²) in [6.07, 6.45) is 5.08. The van der Waals surface area contributed by atoms with Crippen LogP contribution in [0.2, 0.25) is 5.02 Å². The molecular weight excluding hydrogens is 286 g/mol. The van der Waals surface area contributed by atoms with Gasteiger partial charge < -0.3 is 16.0 Å². The number of nitrogens with one attached hydrogen (secondary N) is 1. The molecule has 2 fully saturated rings. The Hall–Kier alpha value is -1.26. The van der Waals surface area contributed by atoms with Gasteiger partial charge in [-0.1, -0.05) is 11.6 Å². The molecule has 5 heteroatoms. The second kappa shape index (κ2) is 6.24. The highest BCUT2D eigenvalue weighted by molar-refractivity contribution is 6.34. The number of piperidine rings is 1. The van der Waals surface area contributed by atoms with Crippen LogP contribution in [0.1, 0.15) is 36.0 Å². The van der Waals surface area contributed by atoms with Gasteiger partial charge in [0.1, 0.15) is 0 Å². The lowest BCUT2D eigenvalue weighted by molar-refractivity contribution is 0.100. The van der Waals surface area contributed by atoms with Gasteiger partial charge in [0.25, 0.3) is 0 Å². The first kappa shape index (κ1) is 14.7. The Morgan fingerprint density at radius 1 is 1.33 bits per heavy atom. The van der Waals surface area contributed by atoms with Crippen LogP contribution >= 0.6 is 11.6 Å². The number of anilines is 1. The number of halogens is 1. The summed E-state index contributed by atoms with van der Waals surface area (Å²) in [6, 6.07) is 6.22. The van der Waals surface area contributed by atoms with Crippen LogP contribution in [0.25, 0.3) is 0 Å². The van der Waals surface area contributed by atoms with Crippen LogP contribution in [0.4, 0.5) is 5.69 Å². The van der Waals surface area contributed by atoms with Gasteiger partial charge in [0.2, 0.25) is 5.91 Å². The third-order valence-corrected chi connectivity index (χ3v) is 5.02. The number of rotatable bonds is 3. The number of nitrogens with zero attached hydrogens (tertiary/aromatic N) is 1. The Balaban J connectivity index is 1.73. The summed E-state index contributed by atoms with van der Waals surface area (Å²) in [7, 11) is 0. The van der Waals surface area contributed by atoms with Gasteiger partial charge in [-0.05, 0) is 56.3 Å². The molecule has 0 aromatic heterocycles. The van der Waals surface area contributed by atoms with Crippen LogP contribution in [-0.4, -0.2) is 31.6 Å². The molecule has 1 aromatic rings. The predicted octanol–water partition coefficient (Wildman–Crippen LogP) is 2.41. The summed E-state index contributed by atoms with van der Waals surface area (Å²) in [5, 5.41) is 4.07. The van der Waals surface area contributed by atoms with Gasteiger partial charge in [-0.15, -0.1) is 0 Å².